The number of nitrogens with one attached hydrogen (secondary N) is 2. The number of thiocarbonyl (C=S) groups is 1. The molecule has 1 fully saturated rings. The van der Waals surface area contributed by atoms with Crippen molar-refractivity contribution in [2.75, 3.05) is 30.3 Å². The van der Waals surface area contributed by atoms with Crippen LogP contribution in [-0.2, 0) is 16.4 Å². The molecule has 0 radical (unpaired) electrons. The molecule has 29 heavy (non-hydrogen) atoms. The van der Waals surface area contributed by atoms with Gasteiger partial charge in [-0.15, -0.1) is 0 Å². The molecule has 1 aliphatic rings. The van der Waals surface area contributed by atoms with Crippen LogP contribution in [0.1, 0.15) is 25.3 Å². The molecule has 6 nitrogen and oxygen atoms in total. The topological polar surface area (TPSA) is 81.7 Å². The molecule has 0 saturated carbocycles. The summed E-state index contributed by atoms with van der Waals surface area (Å²) in [7, 11) is -3.45. The average Bonchev–Trinajstić information content (AvgIpc) is 2.70. The molecule has 0 spiro atoms. The molecule has 0 amide bonds. The van der Waals surface area contributed by atoms with Crippen LogP contribution < -0.4 is 10.6 Å². The van der Waals surface area contributed by atoms with E-state index >= 15 is 0 Å². The van der Waals surface area contributed by atoms with E-state index < -0.39 is 10.0 Å². The SMILES string of the molecule is CC1CCN(S(=O)(=O)c2ccc(NC(=S)Nc3ccc(CCO)cc3)cc2)CC1. The van der Waals surface area contributed by atoms with E-state index in [0.717, 1.165) is 24.1 Å². The first-order valence-electron chi connectivity index (χ1n) is 9.76. The van der Waals surface area contributed by atoms with Crippen LogP contribution in [0.5, 0.6) is 0 Å². The van der Waals surface area contributed by atoms with Crippen LogP contribution in [-0.4, -0.2) is 42.6 Å². The molecule has 1 aliphatic heterocycles. The van der Waals surface area contributed by atoms with Gasteiger partial charge in [0.25, 0.3) is 0 Å². The van der Waals surface area contributed by atoms with Crippen molar-refractivity contribution in [3.63, 3.8) is 0 Å². The van der Waals surface area contributed by atoms with Gasteiger partial charge in [-0.25, -0.2) is 8.42 Å². The lowest BCUT2D eigenvalue weighted by atomic mass is 10.0. The summed E-state index contributed by atoms with van der Waals surface area (Å²) in [5.74, 6) is 0.576. The first-order chi connectivity index (χ1) is 13.9. The molecular weight excluding hydrogens is 406 g/mol. The molecule has 3 rings (SSSR count). The van der Waals surface area contributed by atoms with E-state index in [-0.39, 0.29) is 6.61 Å². The molecule has 1 saturated heterocycles. The number of sulfonamides is 1. The maximum absolute atomic E-state index is 12.8. The number of hydrogen-bond donors (Lipinski definition) is 3. The van der Waals surface area contributed by atoms with Gasteiger partial charge in [-0.3, -0.25) is 0 Å². The fourth-order valence-electron chi connectivity index (χ4n) is 3.26. The first-order valence-corrected chi connectivity index (χ1v) is 11.6. The summed E-state index contributed by atoms with van der Waals surface area (Å²) in [6.07, 6.45) is 2.42. The molecule has 0 aliphatic carbocycles. The third-order valence-electron chi connectivity index (χ3n) is 5.10. The quantitative estimate of drug-likeness (QED) is 0.606. The molecule has 0 aromatic heterocycles. The number of hydrogen-bond acceptors (Lipinski definition) is 4. The van der Waals surface area contributed by atoms with Crippen LogP contribution in [0.2, 0.25) is 0 Å². The van der Waals surface area contributed by atoms with Crippen LogP contribution in [0.4, 0.5) is 11.4 Å². The molecule has 8 heteroatoms. The third kappa shape index (κ3) is 5.76. The summed E-state index contributed by atoms with van der Waals surface area (Å²) in [6, 6.07) is 14.3. The minimum Gasteiger partial charge on any atom is -0.396 e. The van der Waals surface area contributed by atoms with E-state index in [9.17, 15) is 8.42 Å². The number of aliphatic hydroxyl groups excluding tert-OH is 1. The van der Waals surface area contributed by atoms with E-state index in [4.69, 9.17) is 17.3 Å². The van der Waals surface area contributed by atoms with Gasteiger partial charge in [-0.05, 0) is 79.4 Å². The Kier molecular flexibility index (Phi) is 7.23. The molecule has 3 N–H and O–H groups in total. The van der Waals surface area contributed by atoms with E-state index in [1.165, 1.54) is 0 Å². The molecule has 156 valence electrons. The van der Waals surface area contributed by atoms with Gasteiger partial charge in [-0.1, -0.05) is 19.1 Å². The smallest absolute Gasteiger partial charge is 0.243 e. The molecule has 2 aromatic rings. The van der Waals surface area contributed by atoms with Crippen LogP contribution in [0.25, 0.3) is 0 Å². The summed E-state index contributed by atoms with van der Waals surface area (Å²) < 4.78 is 27.2. The predicted octanol–water partition coefficient (Wildman–Crippen LogP) is 3.45. The van der Waals surface area contributed by atoms with E-state index in [1.54, 1.807) is 28.6 Å². The highest BCUT2D eigenvalue weighted by Crippen LogP contribution is 2.24. The maximum Gasteiger partial charge on any atom is 0.243 e. The average molecular weight is 434 g/mol. The number of anilines is 2. The third-order valence-corrected chi connectivity index (χ3v) is 7.22. The second kappa shape index (κ2) is 9.67. The predicted molar refractivity (Wildman–Crippen MR) is 121 cm³/mol. The molecule has 0 atom stereocenters. The molecular formula is C21H27N3O3S2. The summed E-state index contributed by atoms with van der Waals surface area (Å²) in [6.45, 7) is 3.43. The van der Waals surface area contributed by atoms with Crippen molar-refractivity contribution in [3.8, 4) is 0 Å². The van der Waals surface area contributed by atoms with Crippen molar-refractivity contribution in [2.45, 2.75) is 31.1 Å². The Morgan fingerprint density at radius 3 is 2.07 bits per heavy atom. The molecule has 2 aromatic carbocycles. The van der Waals surface area contributed by atoms with Crippen molar-refractivity contribution >= 4 is 38.7 Å². The van der Waals surface area contributed by atoms with Crippen molar-refractivity contribution in [1.29, 1.82) is 0 Å². The van der Waals surface area contributed by atoms with E-state index in [0.29, 0.717) is 41.1 Å². The Hall–Kier alpha value is -2.00. The van der Waals surface area contributed by atoms with Gasteiger partial charge < -0.3 is 15.7 Å². The standard InChI is InChI=1S/C21H27N3O3S2/c1-16-10-13-24(14-11-16)29(26,27)20-8-6-19(7-9-20)23-21(28)22-18-4-2-17(3-5-18)12-15-25/h2-9,16,25H,10-15H2,1H3,(H2,22,23,28). The van der Waals surface area contributed by atoms with E-state index in [2.05, 4.69) is 17.6 Å². The number of aliphatic hydroxyl groups is 1. The van der Waals surface area contributed by atoms with Crippen molar-refractivity contribution in [1.82, 2.24) is 4.31 Å². The zero-order valence-electron chi connectivity index (χ0n) is 16.5. The zero-order valence-corrected chi connectivity index (χ0v) is 18.1. The van der Waals surface area contributed by atoms with Gasteiger partial charge in [0.15, 0.2) is 5.11 Å². The van der Waals surface area contributed by atoms with Crippen LogP contribution >= 0.6 is 12.2 Å². The second-order valence-electron chi connectivity index (χ2n) is 7.36. The molecule has 0 unspecified atom stereocenters. The lowest BCUT2D eigenvalue weighted by Crippen LogP contribution is -2.37. The van der Waals surface area contributed by atoms with Crippen LogP contribution in [0.15, 0.2) is 53.4 Å². The lowest BCUT2D eigenvalue weighted by Gasteiger charge is -2.29. The minimum atomic E-state index is -3.45. The summed E-state index contributed by atoms with van der Waals surface area (Å²) >= 11 is 5.33. The largest absolute Gasteiger partial charge is 0.396 e. The second-order valence-corrected chi connectivity index (χ2v) is 9.71. The van der Waals surface area contributed by atoms with Gasteiger partial charge in [0.2, 0.25) is 10.0 Å². The molecule has 1 heterocycles. The minimum absolute atomic E-state index is 0.120. The van der Waals surface area contributed by atoms with Gasteiger partial charge in [-0.2, -0.15) is 4.31 Å². The highest BCUT2D eigenvalue weighted by Gasteiger charge is 2.27. The Balaban J connectivity index is 1.59. The number of rotatable bonds is 6. The van der Waals surface area contributed by atoms with Gasteiger partial charge in [0.1, 0.15) is 0 Å². The Morgan fingerprint density at radius 1 is 1.03 bits per heavy atom. The number of piperidine rings is 1. The van der Waals surface area contributed by atoms with Gasteiger partial charge in [0, 0.05) is 31.1 Å². The fourth-order valence-corrected chi connectivity index (χ4v) is 4.97. The van der Waals surface area contributed by atoms with Crippen LogP contribution in [0, 0.1) is 5.92 Å². The summed E-state index contributed by atoms with van der Waals surface area (Å²) in [4.78, 5) is 0.302. The Morgan fingerprint density at radius 2 is 1.55 bits per heavy atom. The molecule has 0 bridgehead atoms. The summed E-state index contributed by atoms with van der Waals surface area (Å²) in [5.41, 5.74) is 2.60. The van der Waals surface area contributed by atoms with Crippen LogP contribution in [0.3, 0.4) is 0 Å². The van der Waals surface area contributed by atoms with Crippen molar-refractivity contribution in [3.05, 3.63) is 54.1 Å². The highest BCUT2D eigenvalue weighted by atomic mass is 32.2. The maximum atomic E-state index is 12.8. The lowest BCUT2D eigenvalue weighted by molar-refractivity contribution is 0.288. The number of benzene rings is 2. The normalized spacial score (nSPS) is 15.8. The zero-order chi connectivity index (χ0) is 20.9. The van der Waals surface area contributed by atoms with Crippen molar-refractivity contribution < 1.29 is 13.5 Å². The highest BCUT2D eigenvalue weighted by molar-refractivity contribution is 7.89. The number of nitrogens with zero attached hydrogens (tertiary/aromatic N) is 1. The first kappa shape index (κ1) is 21.7. The van der Waals surface area contributed by atoms with E-state index in [1.807, 2.05) is 24.3 Å². The van der Waals surface area contributed by atoms with Gasteiger partial charge in [0.05, 0.1) is 4.90 Å². The Labute approximate surface area is 178 Å². The van der Waals surface area contributed by atoms with Crippen molar-refractivity contribution in [2.24, 2.45) is 5.92 Å². The fraction of sp³-hybridized carbons (Fsp3) is 0.381. The Bertz CT molecular complexity index is 921. The monoisotopic (exact) mass is 433 g/mol. The van der Waals surface area contributed by atoms with Gasteiger partial charge >= 0.3 is 0 Å². The summed E-state index contributed by atoms with van der Waals surface area (Å²) in [5, 5.41) is 15.5.